The van der Waals surface area contributed by atoms with Crippen molar-refractivity contribution in [1.82, 2.24) is 29.9 Å². The van der Waals surface area contributed by atoms with Gasteiger partial charge in [-0.2, -0.15) is 23.4 Å². The summed E-state index contributed by atoms with van der Waals surface area (Å²) >= 11 is 0. The van der Waals surface area contributed by atoms with Gasteiger partial charge in [0.15, 0.2) is 11.5 Å². The molecule has 2 N–H and O–H groups in total. The molecule has 2 amide bonds. The van der Waals surface area contributed by atoms with E-state index < -0.39 is 23.9 Å². The quantitative estimate of drug-likeness (QED) is 0.882. The number of urea groups is 1. The highest BCUT2D eigenvalue weighted by molar-refractivity contribution is 5.90. The van der Waals surface area contributed by atoms with E-state index in [9.17, 15) is 18.0 Å². The maximum absolute atomic E-state index is 12.9. The monoisotopic (exact) mass is 357 g/mol. The number of rotatable bonds is 3. The van der Waals surface area contributed by atoms with Crippen LogP contribution in [0.15, 0.2) is 6.20 Å². The van der Waals surface area contributed by atoms with Crippen LogP contribution in [-0.2, 0) is 26.2 Å². The summed E-state index contributed by atoms with van der Waals surface area (Å²) in [6, 6.07) is -1.13. The molecule has 136 valence electrons. The average molecular weight is 357 g/mol. The summed E-state index contributed by atoms with van der Waals surface area (Å²) in [5.41, 5.74) is -1.52. The van der Waals surface area contributed by atoms with Crippen LogP contribution in [0.25, 0.3) is 0 Å². The van der Waals surface area contributed by atoms with Gasteiger partial charge in [0, 0.05) is 26.2 Å². The van der Waals surface area contributed by atoms with Crippen molar-refractivity contribution in [3.05, 3.63) is 23.5 Å². The van der Waals surface area contributed by atoms with Gasteiger partial charge in [-0.1, -0.05) is 6.92 Å². The molecular formula is C14H18F3N7O. The predicted molar refractivity (Wildman–Crippen MR) is 81.7 cm³/mol. The first kappa shape index (κ1) is 17.2. The molecule has 0 saturated carbocycles. The standard InChI is InChI=1S/C14H18F3N7O/c1-3-10-20-12-8(5-4-6-24(12)21-10)18-13(25)19-9-7-23(2)22-11(9)14(15,16)17/h7-8H,3-6H2,1-2H3,(H2,18,19,25). The number of aromatic nitrogens is 5. The van der Waals surface area contributed by atoms with Crippen molar-refractivity contribution in [3.8, 4) is 0 Å². The number of hydrogen-bond acceptors (Lipinski definition) is 4. The van der Waals surface area contributed by atoms with Crippen molar-refractivity contribution >= 4 is 11.7 Å². The van der Waals surface area contributed by atoms with Crippen LogP contribution < -0.4 is 10.6 Å². The fourth-order valence-corrected chi connectivity index (χ4v) is 2.79. The topological polar surface area (TPSA) is 89.7 Å². The number of nitrogens with zero attached hydrogens (tertiary/aromatic N) is 5. The van der Waals surface area contributed by atoms with Gasteiger partial charge < -0.3 is 10.6 Å². The van der Waals surface area contributed by atoms with Crippen LogP contribution in [0.2, 0.25) is 0 Å². The molecule has 2 aromatic heterocycles. The van der Waals surface area contributed by atoms with Gasteiger partial charge in [0.1, 0.15) is 5.82 Å². The molecule has 11 heteroatoms. The summed E-state index contributed by atoms with van der Waals surface area (Å²) in [5, 5.41) is 12.6. The van der Waals surface area contributed by atoms with E-state index >= 15 is 0 Å². The Morgan fingerprint density at radius 1 is 1.40 bits per heavy atom. The zero-order chi connectivity index (χ0) is 18.2. The molecule has 0 spiro atoms. The zero-order valence-electron chi connectivity index (χ0n) is 13.8. The molecular weight excluding hydrogens is 339 g/mol. The molecule has 25 heavy (non-hydrogen) atoms. The fraction of sp³-hybridized carbons (Fsp3) is 0.571. The Morgan fingerprint density at radius 3 is 2.84 bits per heavy atom. The Kier molecular flexibility index (Phi) is 4.39. The number of carbonyl (C=O) groups is 1. The van der Waals surface area contributed by atoms with E-state index in [1.807, 2.05) is 6.92 Å². The Bertz CT molecular complexity index is 780. The van der Waals surface area contributed by atoms with Crippen molar-refractivity contribution < 1.29 is 18.0 Å². The third-order valence-electron chi connectivity index (χ3n) is 3.89. The Balaban J connectivity index is 1.73. The van der Waals surface area contributed by atoms with Crippen molar-refractivity contribution in [2.45, 2.75) is 44.9 Å². The molecule has 1 unspecified atom stereocenters. The Labute approximate surface area is 141 Å². The van der Waals surface area contributed by atoms with Gasteiger partial charge in [-0.25, -0.2) is 14.5 Å². The van der Waals surface area contributed by atoms with Crippen LogP contribution in [0.1, 0.15) is 43.1 Å². The van der Waals surface area contributed by atoms with Crippen molar-refractivity contribution in [1.29, 1.82) is 0 Å². The minimum atomic E-state index is -4.65. The van der Waals surface area contributed by atoms with E-state index in [0.29, 0.717) is 31.0 Å². The lowest BCUT2D eigenvalue weighted by Gasteiger charge is -2.23. The normalized spacial score (nSPS) is 17.2. The second-order valence-corrected chi connectivity index (χ2v) is 5.82. The number of fused-ring (bicyclic) bond motifs is 1. The van der Waals surface area contributed by atoms with Gasteiger partial charge in [-0.15, -0.1) is 0 Å². The van der Waals surface area contributed by atoms with Gasteiger partial charge in [-0.3, -0.25) is 4.68 Å². The number of nitrogens with one attached hydrogen (secondary N) is 2. The average Bonchev–Trinajstić information content (AvgIpc) is 3.10. The van der Waals surface area contributed by atoms with Crippen molar-refractivity contribution in [2.75, 3.05) is 5.32 Å². The molecule has 3 heterocycles. The Hall–Kier alpha value is -2.59. The van der Waals surface area contributed by atoms with Crippen LogP contribution in [0.3, 0.4) is 0 Å². The molecule has 8 nitrogen and oxygen atoms in total. The number of amides is 2. The van der Waals surface area contributed by atoms with E-state index in [1.54, 1.807) is 4.68 Å². The summed E-state index contributed by atoms with van der Waals surface area (Å²) < 4.78 is 41.6. The minimum Gasteiger partial charge on any atom is -0.328 e. The molecule has 1 aliphatic rings. The Morgan fingerprint density at radius 2 is 2.16 bits per heavy atom. The van der Waals surface area contributed by atoms with Crippen LogP contribution in [0.4, 0.5) is 23.7 Å². The van der Waals surface area contributed by atoms with Gasteiger partial charge in [-0.05, 0) is 12.8 Å². The van der Waals surface area contributed by atoms with E-state index in [4.69, 9.17) is 0 Å². The lowest BCUT2D eigenvalue weighted by atomic mass is 10.1. The lowest BCUT2D eigenvalue weighted by molar-refractivity contribution is -0.140. The summed E-state index contributed by atoms with van der Waals surface area (Å²) in [5.74, 6) is 1.30. The lowest BCUT2D eigenvalue weighted by Crippen LogP contribution is -2.36. The highest BCUT2D eigenvalue weighted by atomic mass is 19.4. The second kappa shape index (κ2) is 6.37. The molecule has 2 aromatic rings. The molecule has 0 aliphatic carbocycles. The minimum absolute atomic E-state index is 0.390. The smallest absolute Gasteiger partial charge is 0.328 e. The first-order valence-corrected chi connectivity index (χ1v) is 7.90. The largest absolute Gasteiger partial charge is 0.437 e. The third kappa shape index (κ3) is 3.59. The van der Waals surface area contributed by atoms with Crippen molar-refractivity contribution in [2.24, 2.45) is 7.05 Å². The molecule has 0 aromatic carbocycles. The maximum Gasteiger partial charge on any atom is 0.437 e. The molecule has 3 rings (SSSR count). The molecule has 0 radical (unpaired) electrons. The number of halogens is 3. The molecule has 1 aliphatic heterocycles. The number of carbonyl (C=O) groups excluding carboxylic acids is 1. The first-order valence-electron chi connectivity index (χ1n) is 7.90. The zero-order valence-corrected chi connectivity index (χ0v) is 13.8. The van der Waals surface area contributed by atoms with Gasteiger partial charge in [0.05, 0.1) is 11.7 Å². The second-order valence-electron chi connectivity index (χ2n) is 5.82. The number of alkyl halides is 3. The fourth-order valence-electron chi connectivity index (χ4n) is 2.79. The van der Waals surface area contributed by atoms with E-state index in [0.717, 1.165) is 17.3 Å². The number of anilines is 1. The molecule has 1 atom stereocenters. The number of hydrogen-bond donors (Lipinski definition) is 2. The third-order valence-corrected chi connectivity index (χ3v) is 3.89. The first-order chi connectivity index (χ1) is 11.8. The predicted octanol–water partition coefficient (Wildman–Crippen LogP) is 2.25. The van der Waals surface area contributed by atoms with E-state index in [1.165, 1.54) is 7.05 Å². The van der Waals surface area contributed by atoms with Crippen LogP contribution in [-0.4, -0.2) is 30.6 Å². The highest BCUT2D eigenvalue weighted by Gasteiger charge is 2.38. The SMILES string of the molecule is CCc1nc2n(n1)CCCC2NC(=O)Nc1cn(C)nc1C(F)(F)F. The summed E-state index contributed by atoms with van der Waals surface area (Å²) in [6.07, 6.45) is -1.42. The maximum atomic E-state index is 12.9. The van der Waals surface area contributed by atoms with Crippen LogP contribution >= 0.6 is 0 Å². The summed E-state index contributed by atoms with van der Waals surface area (Å²) in [4.78, 5) is 16.6. The van der Waals surface area contributed by atoms with E-state index in [-0.39, 0.29) is 5.69 Å². The van der Waals surface area contributed by atoms with Gasteiger partial charge >= 0.3 is 12.2 Å². The van der Waals surface area contributed by atoms with E-state index in [2.05, 4.69) is 25.8 Å². The number of aryl methyl sites for hydroxylation is 3. The van der Waals surface area contributed by atoms with Crippen LogP contribution in [0.5, 0.6) is 0 Å². The van der Waals surface area contributed by atoms with Crippen LogP contribution in [0, 0.1) is 0 Å². The van der Waals surface area contributed by atoms with Gasteiger partial charge in [0.25, 0.3) is 0 Å². The molecule has 0 bridgehead atoms. The molecule has 0 saturated heterocycles. The molecule has 0 fully saturated rings. The van der Waals surface area contributed by atoms with Crippen molar-refractivity contribution in [3.63, 3.8) is 0 Å². The summed E-state index contributed by atoms with van der Waals surface area (Å²) in [7, 11) is 1.36. The summed E-state index contributed by atoms with van der Waals surface area (Å²) in [6.45, 7) is 2.64. The van der Waals surface area contributed by atoms with Gasteiger partial charge in [0.2, 0.25) is 0 Å². The highest BCUT2D eigenvalue weighted by Crippen LogP contribution is 2.33.